The minimum atomic E-state index is 0.546. The van der Waals surface area contributed by atoms with Gasteiger partial charge in [-0.15, -0.1) is 0 Å². The zero-order chi connectivity index (χ0) is 12.2. The van der Waals surface area contributed by atoms with Crippen LogP contribution in [0.2, 0.25) is 0 Å². The Bertz CT molecular complexity index is 353. The van der Waals surface area contributed by atoms with Crippen molar-refractivity contribution in [2.45, 2.75) is 50.6 Å². The number of hydrogen-bond donors (Lipinski definition) is 1. The van der Waals surface area contributed by atoms with Crippen molar-refractivity contribution in [1.29, 1.82) is 0 Å². The van der Waals surface area contributed by atoms with Gasteiger partial charge in [0, 0.05) is 37.6 Å². The van der Waals surface area contributed by atoms with Gasteiger partial charge in [-0.1, -0.05) is 12.8 Å². The maximum atomic E-state index is 4.23. The third-order valence-electron chi connectivity index (χ3n) is 4.27. The van der Waals surface area contributed by atoms with Crippen LogP contribution in [0.3, 0.4) is 0 Å². The molecule has 1 saturated carbocycles. The average Bonchev–Trinajstić information content (AvgIpc) is 2.95. The molecule has 0 radical (unpaired) electrons. The number of piperidine rings is 1. The normalized spacial score (nSPS) is 23.3. The lowest BCUT2D eigenvalue weighted by atomic mass is 10.0. The van der Waals surface area contributed by atoms with Crippen LogP contribution in [-0.2, 0) is 0 Å². The van der Waals surface area contributed by atoms with E-state index in [4.69, 9.17) is 0 Å². The second-order valence-corrected chi connectivity index (χ2v) is 5.47. The minimum absolute atomic E-state index is 0.546. The van der Waals surface area contributed by atoms with Crippen LogP contribution >= 0.6 is 0 Å². The van der Waals surface area contributed by atoms with Crippen molar-refractivity contribution in [3.63, 3.8) is 0 Å². The maximum absolute atomic E-state index is 4.23. The predicted octanol–water partition coefficient (Wildman–Crippen LogP) is 2.30. The van der Waals surface area contributed by atoms with Crippen molar-refractivity contribution in [1.82, 2.24) is 14.9 Å². The molecule has 2 fully saturated rings. The number of rotatable bonds is 3. The van der Waals surface area contributed by atoms with E-state index in [9.17, 15) is 0 Å². The van der Waals surface area contributed by atoms with Gasteiger partial charge < -0.3 is 10.2 Å². The summed E-state index contributed by atoms with van der Waals surface area (Å²) >= 11 is 0. The van der Waals surface area contributed by atoms with Gasteiger partial charge in [0.05, 0.1) is 0 Å². The fourth-order valence-corrected chi connectivity index (χ4v) is 3.23. The SMILES string of the molecule is c1cnc(NC2CCN(C3CCCC3)CC2)nc1. The molecule has 4 heteroatoms. The summed E-state index contributed by atoms with van der Waals surface area (Å²) in [7, 11) is 0. The first kappa shape index (κ1) is 11.9. The van der Waals surface area contributed by atoms with Crippen molar-refractivity contribution in [2.75, 3.05) is 18.4 Å². The van der Waals surface area contributed by atoms with E-state index >= 15 is 0 Å². The van der Waals surface area contributed by atoms with Gasteiger partial charge in [0.2, 0.25) is 5.95 Å². The van der Waals surface area contributed by atoms with E-state index in [1.807, 2.05) is 6.07 Å². The molecule has 98 valence electrons. The van der Waals surface area contributed by atoms with Gasteiger partial charge in [-0.05, 0) is 31.7 Å². The fourth-order valence-electron chi connectivity index (χ4n) is 3.23. The van der Waals surface area contributed by atoms with E-state index in [0.29, 0.717) is 6.04 Å². The third-order valence-corrected chi connectivity index (χ3v) is 4.27. The molecule has 2 aliphatic rings. The molecular weight excluding hydrogens is 224 g/mol. The molecule has 0 bridgehead atoms. The third kappa shape index (κ3) is 2.80. The highest BCUT2D eigenvalue weighted by Crippen LogP contribution is 2.26. The number of nitrogens with zero attached hydrogens (tertiary/aromatic N) is 3. The van der Waals surface area contributed by atoms with Crippen molar-refractivity contribution >= 4 is 5.95 Å². The summed E-state index contributed by atoms with van der Waals surface area (Å²) in [6, 6.07) is 3.28. The standard InChI is InChI=1S/C14H22N4/c1-2-5-13(4-1)18-10-6-12(7-11-18)17-14-15-8-3-9-16-14/h3,8-9,12-13H,1-2,4-7,10-11H2,(H,15,16,17). The first-order valence-electron chi connectivity index (χ1n) is 7.19. The Kier molecular flexibility index (Phi) is 3.74. The lowest BCUT2D eigenvalue weighted by molar-refractivity contribution is 0.159. The van der Waals surface area contributed by atoms with E-state index in [0.717, 1.165) is 12.0 Å². The molecule has 0 spiro atoms. The van der Waals surface area contributed by atoms with Gasteiger partial charge in [0.15, 0.2) is 0 Å². The second-order valence-electron chi connectivity index (χ2n) is 5.47. The molecule has 1 aliphatic carbocycles. The summed E-state index contributed by atoms with van der Waals surface area (Å²) in [6.07, 6.45) is 11.7. The Morgan fingerprint density at radius 1 is 1.00 bits per heavy atom. The topological polar surface area (TPSA) is 41.1 Å². The van der Waals surface area contributed by atoms with Crippen LogP contribution in [0.4, 0.5) is 5.95 Å². The highest BCUT2D eigenvalue weighted by molar-refractivity contribution is 5.24. The molecule has 1 N–H and O–H groups in total. The van der Waals surface area contributed by atoms with Crippen molar-refractivity contribution < 1.29 is 0 Å². The van der Waals surface area contributed by atoms with Gasteiger partial charge in [0.1, 0.15) is 0 Å². The van der Waals surface area contributed by atoms with Gasteiger partial charge in [-0.2, -0.15) is 0 Å². The van der Waals surface area contributed by atoms with Gasteiger partial charge >= 0.3 is 0 Å². The van der Waals surface area contributed by atoms with Crippen LogP contribution in [0.5, 0.6) is 0 Å². The summed E-state index contributed by atoms with van der Waals surface area (Å²) < 4.78 is 0. The summed E-state index contributed by atoms with van der Waals surface area (Å²) in [5, 5.41) is 3.44. The molecule has 1 aromatic rings. The fraction of sp³-hybridized carbons (Fsp3) is 0.714. The highest BCUT2D eigenvalue weighted by atomic mass is 15.2. The number of anilines is 1. The maximum Gasteiger partial charge on any atom is 0.222 e. The zero-order valence-corrected chi connectivity index (χ0v) is 10.9. The summed E-state index contributed by atoms with van der Waals surface area (Å²) in [5.74, 6) is 0.775. The Hall–Kier alpha value is -1.16. The largest absolute Gasteiger partial charge is 0.351 e. The van der Waals surface area contributed by atoms with Crippen LogP contribution in [0.1, 0.15) is 38.5 Å². The summed E-state index contributed by atoms with van der Waals surface area (Å²) in [5.41, 5.74) is 0. The first-order chi connectivity index (χ1) is 8.92. The number of aromatic nitrogens is 2. The first-order valence-corrected chi connectivity index (χ1v) is 7.19. The Morgan fingerprint density at radius 3 is 2.33 bits per heavy atom. The quantitative estimate of drug-likeness (QED) is 0.888. The average molecular weight is 246 g/mol. The van der Waals surface area contributed by atoms with E-state index in [1.165, 1.54) is 51.6 Å². The van der Waals surface area contributed by atoms with Gasteiger partial charge in [-0.3, -0.25) is 0 Å². The number of likely N-dealkylation sites (tertiary alicyclic amines) is 1. The van der Waals surface area contributed by atoms with Crippen LogP contribution in [-0.4, -0.2) is 40.0 Å². The molecule has 18 heavy (non-hydrogen) atoms. The molecule has 1 saturated heterocycles. The van der Waals surface area contributed by atoms with Crippen LogP contribution in [0.25, 0.3) is 0 Å². The van der Waals surface area contributed by atoms with E-state index in [1.54, 1.807) is 12.4 Å². The molecule has 3 rings (SSSR count). The van der Waals surface area contributed by atoms with Gasteiger partial charge in [0.25, 0.3) is 0 Å². The Labute approximate surface area is 109 Å². The summed E-state index contributed by atoms with van der Waals surface area (Å²) in [6.45, 7) is 2.46. The van der Waals surface area contributed by atoms with Crippen molar-refractivity contribution in [3.05, 3.63) is 18.5 Å². The summed E-state index contributed by atoms with van der Waals surface area (Å²) in [4.78, 5) is 11.2. The van der Waals surface area contributed by atoms with E-state index in [-0.39, 0.29) is 0 Å². The molecule has 1 aliphatic heterocycles. The molecule has 4 nitrogen and oxygen atoms in total. The molecule has 0 aromatic carbocycles. The van der Waals surface area contributed by atoms with Crippen LogP contribution in [0, 0.1) is 0 Å². The molecule has 1 aromatic heterocycles. The smallest absolute Gasteiger partial charge is 0.222 e. The van der Waals surface area contributed by atoms with E-state index in [2.05, 4.69) is 20.2 Å². The Morgan fingerprint density at radius 2 is 1.67 bits per heavy atom. The van der Waals surface area contributed by atoms with Crippen molar-refractivity contribution in [2.24, 2.45) is 0 Å². The lowest BCUT2D eigenvalue weighted by Gasteiger charge is -2.36. The molecule has 0 atom stereocenters. The predicted molar refractivity (Wildman–Crippen MR) is 72.5 cm³/mol. The van der Waals surface area contributed by atoms with Crippen LogP contribution in [0.15, 0.2) is 18.5 Å². The van der Waals surface area contributed by atoms with Gasteiger partial charge in [-0.25, -0.2) is 9.97 Å². The molecule has 2 heterocycles. The molecule has 0 amide bonds. The minimum Gasteiger partial charge on any atom is -0.351 e. The van der Waals surface area contributed by atoms with E-state index < -0.39 is 0 Å². The molecular formula is C14H22N4. The highest BCUT2D eigenvalue weighted by Gasteiger charge is 2.27. The second kappa shape index (κ2) is 5.65. The van der Waals surface area contributed by atoms with Crippen LogP contribution < -0.4 is 5.32 Å². The number of hydrogen-bond acceptors (Lipinski definition) is 4. The zero-order valence-electron chi connectivity index (χ0n) is 10.9. The molecule has 0 unspecified atom stereocenters. The van der Waals surface area contributed by atoms with Crippen molar-refractivity contribution in [3.8, 4) is 0 Å². The Balaban J connectivity index is 1.48. The number of nitrogens with one attached hydrogen (secondary N) is 1. The monoisotopic (exact) mass is 246 g/mol. The lowest BCUT2D eigenvalue weighted by Crippen LogP contribution is -2.43.